The van der Waals surface area contributed by atoms with Crippen LogP contribution in [0.4, 0.5) is 5.69 Å². The predicted octanol–water partition coefficient (Wildman–Crippen LogP) is 4.46. The summed E-state index contributed by atoms with van der Waals surface area (Å²) in [5.74, 6) is 0.0176. The average molecular weight is 310 g/mol. The molecule has 1 amide bonds. The van der Waals surface area contributed by atoms with Gasteiger partial charge in [0.1, 0.15) is 6.04 Å². The van der Waals surface area contributed by atoms with E-state index in [1.54, 1.807) is 0 Å². The first-order valence-corrected chi connectivity index (χ1v) is 8.15. The SMILES string of the molecule is CCC(C)(C)NC(=O)C(C)Nc1ccc(-c2ccccc2)cc1. The Morgan fingerprint density at radius 1 is 1.00 bits per heavy atom. The van der Waals surface area contributed by atoms with Crippen molar-refractivity contribution in [3.8, 4) is 11.1 Å². The van der Waals surface area contributed by atoms with E-state index in [2.05, 4.69) is 41.8 Å². The molecule has 3 nitrogen and oxygen atoms in total. The second kappa shape index (κ2) is 7.32. The van der Waals surface area contributed by atoms with Crippen molar-refractivity contribution < 1.29 is 4.79 Å². The van der Waals surface area contributed by atoms with Gasteiger partial charge in [0.05, 0.1) is 0 Å². The van der Waals surface area contributed by atoms with E-state index in [9.17, 15) is 4.79 Å². The van der Waals surface area contributed by atoms with Gasteiger partial charge in [0, 0.05) is 11.2 Å². The second-order valence-corrected chi connectivity index (χ2v) is 6.54. The number of carbonyl (C=O) groups is 1. The Labute approximate surface area is 139 Å². The first kappa shape index (κ1) is 17.1. The maximum absolute atomic E-state index is 12.2. The third-order valence-corrected chi connectivity index (χ3v) is 4.11. The van der Waals surface area contributed by atoms with Crippen LogP contribution < -0.4 is 10.6 Å². The fourth-order valence-corrected chi connectivity index (χ4v) is 2.24. The standard InChI is InChI=1S/C20H26N2O/c1-5-20(3,4)22-19(23)15(2)21-18-13-11-17(12-14-18)16-9-7-6-8-10-16/h6-15,21H,5H2,1-4H3,(H,22,23). The van der Waals surface area contributed by atoms with E-state index < -0.39 is 0 Å². The first-order valence-electron chi connectivity index (χ1n) is 8.15. The summed E-state index contributed by atoms with van der Waals surface area (Å²) in [5, 5.41) is 6.32. The summed E-state index contributed by atoms with van der Waals surface area (Å²) in [6, 6.07) is 18.1. The lowest BCUT2D eigenvalue weighted by Gasteiger charge is -2.27. The van der Waals surface area contributed by atoms with E-state index in [4.69, 9.17) is 0 Å². The molecule has 0 aliphatic carbocycles. The zero-order chi connectivity index (χ0) is 16.9. The molecular formula is C20H26N2O. The smallest absolute Gasteiger partial charge is 0.242 e. The zero-order valence-electron chi connectivity index (χ0n) is 14.4. The summed E-state index contributed by atoms with van der Waals surface area (Å²) >= 11 is 0. The molecule has 0 saturated heterocycles. The molecule has 0 bridgehead atoms. The van der Waals surface area contributed by atoms with Crippen LogP contribution in [0.25, 0.3) is 11.1 Å². The molecule has 3 heteroatoms. The van der Waals surface area contributed by atoms with E-state index in [-0.39, 0.29) is 17.5 Å². The largest absolute Gasteiger partial charge is 0.374 e. The van der Waals surface area contributed by atoms with Crippen molar-refractivity contribution in [1.29, 1.82) is 0 Å². The summed E-state index contributed by atoms with van der Waals surface area (Å²) in [7, 11) is 0. The van der Waals surface area contributed by atoms with Crippen LogP contribution in [-0.4, -0.2) is 17.5 Å². The summed E-state index contributed by atoms with van der Waals surface area (Å²) < 4.78 is 0. The number of amides is 1. The molecule has 2 N–H and O–H groups in total. The number of nitrogens with one attached hydrogen (secondary N) is 2. The molecule has 0 spiro atoms. The molecule has 2 aromatic rings. The highest BCUT2D eigenvalue weighted by molar-refractivity contribution is 5.84. The van der Waals surface area contributed by atoms with Crippen LogP contribution >= 0.6 is 0 Å². The molecule has 0 aliphatic heterocycles. The van der Waals surface area contributed by atoms with Crippen LogP contribution in [0.2, 0.25) is 0 Å². The maximum Gasteiger partial charge on any atom is 0.242 e. The highest BCUT2D eigenvalue weighted by Gasteiger charge is 2.21. The Kier molecular flexibility index (Phi) is 5.43. The molecule has 2 aromatic carbocycles. The lowest BCUT2D eigenvalue weighted by atomic mass is 10.0. The Hall–Kier alpha value is -2.29. The van der Waals surface area contributed by atoms with E-state index in [0.29, 0.717) is 0 Å². The third-order valence-electron chi connectivity index (χ3n) is 4.11. The van der Waals surface area contributed by atoms with E-state index in [1.165, 1.54) is 11.1 Å². The number of anilines is 1. The molecule has 1 unspecified atom stereocenters. The molecule has 0 aliphatic rings. The molecule has 0 aromatic heterocycles. The van der Waals surface area contributed by atoms with Crippen LogP contribution in [0, 0.1) is 0 Å². The molecule has 0 saturated carbocycles. The fraction of sp³-hybridized carbons (Fsp3) is 0.350. The van der Waals surface area contributed by atoms with Crippen molar-refractivity contribution in [2.45, 2.75) is 45.7 Å². The molecular weight excluding hydrogens is 284 g/mol. The first-order chi connectivity index (χ1) is 10.9. The third kappa shape index (κ3) is 4.85. The number of carbonyl (C=O) groups excluding carboxylic acids is 1. The van der Waals surface area contributed by atoms with Gasteiger partial charge in [-0.25, -0.2) is 0 Å². The molecule has 0 heterocycles. The van der Waals surface area contributed by atoms with Crippen molar-refractivity contribution >= 4 is 11.6 Å². The minimum Gasteiger partial charge on any atom is -0.374 e. The van der Waals surface area contributed by atoms with Gasteiger partial charge >= 0.3 is 0 Å². The Morgan fingerprint density at radius 2 is 1.57 bits per heavy atom. The van der Waals surface area contributed by atoms with Gasteiger partial charge < -0.3 is 10.6 Å². The average Bonchev–Trinajstić information content (AvgIpc) is 2.56. The molecule has 2 rings (SSSR count). The van der Waals surface area contributed by atoms with Crippen LogP contribution in [0.15, 0.2) is 54.6 Å². The maximum atomic E-state index is 12.2. The van der Waals surface area contributed by atoms with Crippen LogP contribution in [0.5, 0.6) is 0 Å². The number of hydrogen-bond acceptors (Lipinski definition) is 2. The van der Waals surface area contributed by atoms with Gasteiger partial charge in [-0.2, -0.15) is 0 Å². The molecule has 0 fully saturated rings. The van der Waals surface area contributed by atoms with Crippen molar-refractivity contribution in [2.75, 3.05) is 5.32 Å². The lowest BCUT2D eigenvalue weighted by Crippen LogP contribution is -2.48. The van der Waals surface area contributed by atoms with Crippen LogP contribution in [-0.2, 0) is 4.79 Å². The van der Waals surface area contributed by atoms with Crippen molar-refractivity contribution in [1.82, 2.24) is 5.32 Å². The van der Waals surface area contributed by atoms with Crippen LogP contribution in [0.3, 0.4) is 0 Å². The van der Waals surface area contributed by atoms with Gasteiger partial charge in [0.2, 0.25) is 5.91 Å². The Bertz CT molecular complexity index is 632. The van der Waals surface area contributed by atoms with Gasteiger partial charge in [-0.1, -0.05) is 49.4 Å². The summed E-state index contributed by atoms with van der Waals surface area (Å²) in [6.45, 7) is 8.02. The monoisotopic (exact) mass is 310 g/mol. The quantitative estimate of drug-likeness (QED) is 0.827. The summed E-state index contributed by atoms with van der Waals surface area (Å²) in [6.07, 6.45) is 0.900. The van der Waals surface area contributed by atoms with Gasteiger partial charge in [-0.15, -0.1) is 0 Å². The van der Waals surface area contributed by atoms with Crippen molar-refractivity contribution in [2.24, 2.45) is 0 Å². The van der Waals surface area contributed by atoms with Crippen molar-refractivity contribution in [3.05, 3.63) is 54.6 Å². The molecule has 23 heavy (non-hydrogen) atoms. The topological polar surface area (TPSA) is 41.1 Å². The second-order valence-electron chi connectivity index (χ2n) is 6.54. The minimum absolute atomic E-state index is 0.0176. The zero-order valence-corrected chi connectivity index (χ0v) is 14.4. The summed E-state index contributed by atoms with van der Waals surface area (Å²) in [5.41, 5.74) is 3.13. The van der Waals surface area contributed by atoms with E-state index in [0.717, 1.165) is 12.1 Å². The fourth-order valence-electron chi connectivity index (χ4n) is 2.24. The lowest BCUT2D eigenvalue weighted by molar-refractivity contribution is -0.123. The van der Waals surface area contributed by atoms with Gasteiger partial charge in [0.15, 0.2) is 0 Å². The summed E-state index contributed by atoms with van der Waals surface area (Å²) in [4.78, 5) is 12.2. The van der Waals surface area contributed by atoms with Gasteiger partial charge in [0.25, 0.3) is 0 Å². The van der Waals surface area contributed by atoms with Crippen LogP contribution in [0.1, 0.15) is 34.1 Å². The van der Waals surface area contributed by atoms with Crippen molar-refractivity contribution in [3.63, 3.8) is 0 Å². The predicted molar refractivity (Wildman–Crippen MR) is 97.5 cm³/mol. The minimum atomic E-state index is -0.275. The highest BCUT2D eigenvalue weighted by atomic mass is 16.2. The molecule has 1 atom stereocenters. The number of rotatable bonds is 6. The molecule has 122 valence electrons. The molecule has 0 radical (unpaired) electrons. The highest BCUT2D eigenvalue weighted by Crippen LogP contribution is 2.21. The Morgan fingerprint density at radius 3 is 2.13 bits per heavy atom. The Balaban J connectivity index is 1.99. The number of hydrogen-bond donors (Lipinski definition) is 2. The number of benzene rings is 2. The van der Waals surface area contributed by atoms with Gasteiger partial charge in [-0.05, 0) is 50.5 Å². The van der Waals surface area contributed by atoms with E-state index in [1.807, 2.05) is 51.1 Å². The van der Waals surface area contributed by atoms with Gasteiger partial charge in [-0.3, -0.25) is 4.79 Å². The normalized spacial score (nSPS) is 12.5. The van der Waals surface area contributed by atoms with E-state index >= 15 is 0 Å².